The zero-order valence-corrected chi connectivity index (χ0v) is 12.9. The van der Waals surface area contributed by atoms with Crippen LogP contribution in [-0.2, 0) is 0 Å². The van der Waals surface area contributed by atoms with Gasteiger partial charge in [0.2, 0.25) is 6.79 Å². The molecule has 7 nitrogen and oxygen atoms in total. The minimum absolute atomic E-state index is 0.144. The van der Waals surface area contributed by atoms with Gasteiger partial charge in [0.05, 0.1) is 5.69 Å². The minimum Gasteiger partial charge on any atom is -0.476 e. The molecule has 0 saturated heterocycles. The van der Waals surface area contributed by atoms with Crippen molar-refractivity contribution in [1.82, 2.24) is 15.0 Å². The second-order valence-corrected chi connectivity index (χ2v) is 5.48. The normalized spacial score (nSPS) is 12.4. The summed E-state index contributed by atoms with van der Waals surface area (Å²) in [4.78, 5) is 11.5. The molecule has 0 saturated carbocycles. The Morgan fingerprint density at radius 2 is 1.88 bits per heavy atom. The highest BCUT2D eigenvalue weighted by molar-refractivity contribution is 6.30. The molecule has 1 aliphatic heterocycles. The third kappa shape index (κ3) is 2.35. The summed E-state index contributed by atoms with van der Waals surface area (Å²) < 4.78 is 12.1. The van der Waals surface area contributed by atoms with Crippen LogP contribution in [0.2, 0.25) is 5.02 Å². The van der Waals surface area contributed by atoms with Crippen molar-refractivity contribution in [2.75, 3.05) is 6.79 Å². The van der Waals surface area contributed by atoms with E-state index in [-0.39, 0.29) is 12.5 Å². The number of ether oxygens (including phenoxy) is 2. The first-order valence-electron chi connectivity index (χ1n) is 6.98. The van der Waals surface area contributed by atoms with Crippen molar-refractivity contribution in [3.05, 3.63) is 53.2 Å². The molecule has 0 aliphatic carbocycles. The number of benzene rings is 2. The smallest absolute Gasteiger partial charge is 0.358 e. The summed E-state index contributed by atoms with van der Waals surface area (Å²) in [5.41, 5.74) is 1.47. The molecular weight excluding hydrogens is 334 g/mol. The molecule has 0 unspecified atom stereocenters. The van der Waals surface area contributed by atoms with E-state index >= 15 is 0 Å². The van der Waals surface area contributed by atoms with Crippen molar-refractivity contribution in [2.24, 2.45) is 0 Å². The molecule has 0 bridgehead atoms. The summed E-state index contributed by atoms with van der Waals surface area (Å²) in [6, 6.07) is 12.0. The van der Waals surface area contributed by atoms with Crippen LogP contribution in [0.4, 0.5) is 0 Å². The highest BCUT2D eigenvalue weighted by atomic mass is 35.5. The molecule has 120 valence electrons. The van der Waals surface area contributed by atoms with E-state index in [9.17, 15) is 9.90 Å². The summed E-state index contributed by atoms with van der Waals surface area (Å²) in [6.07, 6.45) is 0. The van der Waals surface area contributed by atoms with E-state index in [4.69, 9.17) is 21.1 Å². The molecule has 8 heteroatoms. The second kappa shape index (κ2) is 5.54. The molecule has 0 radical (unpaired) electrons. The summed E-state index contributed by atoms with van der Waals surface area (Å²) in [7, 11) is 0. The van der Waals surface area contributed by atoms with E-state index in [0.29, 0.717) is 33.5 Å². The van der Waals surface area contributed by atoms with Crippen LogP contribution < -0.4 is 9.47 Å². The van der Waals surface area contributed by atoms with Gasteiger partial charge in [-0.25, -0.2) is 9.48 Å². The van der Waals surface area contributed by atoms with Crippen LogP contribution in [0.3, 0.4) is 0 Å². The van der Waals surface area contributed by atoms with Crippen molar-refractivity contribution in [1.29, 1.82) is 0 Å². The first-order chi connectivity index (χ1) is 11.6. The fourth-order valence-electron chi connectivity index (χ4n) is 2.49. The van der Waals surface area contributed by atoms with E-state index < -0.39 is 5.97 Å². The van der Waals surface area contributed by atoms with Crippen LogP contribution >= 0.6 is 11.6 Å². The van der Waals surface area contributed by atoms with Gasteiger partial charge in [0.1, 0.15) is 5.69 Å². The highest BCUT2D eigenvalue weighted by Crippen LogP contribution is 2.35. The van der Waals surface area contributed by atoms with Crippen LogP contribution in [0.25, 0.3) is 16.9 Å². The van der Waals surface area contributed by atoms with Gasteiger partial charge in [-0.3, -0.25) is 0 Å². The number of nitrogens with zero attached hydrogens (tertiary/aromatic N) is 3. The first-order valence-corrected chi connectivity index (χ1v) is 7.36. The van der Waals surface area contributed by atoms with Crippen molar-refractivity contribution in [2.45, 2.75) is 0 Å². The molecule has 1 aliphatic rings. The van der Waals surface area contributed by atoms with Crippen molar-refractivity contribution >= 4 is 17.6 Å². The van der Waals surface area contributed by atoms with Crippen molar-refractivity contribution < 1.29 is 19.4 Å². The molecule has 24 heavy (non-hydrogen) atoms. The van der Waals surface area contributed by atoms with Crippen LogP contribution in [0.5, 0.6) is 11.5 Å². The largest absolute Gasteiger partial charge is 0.476 e. The SMILES string of the molecule is O=C(O)c1nnn(-c2ccc3c(c2)OCO3)c1-c1ccc(Cl)cc1. The highest BCUT2D eigenvalue weighted by Gasteiger charge is 2.23. The molecule has 0 spiro atoms. The molecule has 3 aromatic rings. The Labute approximate surface area is 141 Å². The van der Waals surface area contributed by atoms with Crippen LogP contribution in [0.1, 0.15) is 10.5 Å². The predicted octanol–water partition coefficient (Wildman–Crippen LogP) is 3.01. The third-order valence-corrected chi connectivity index (χ3v) is 3.84. The molecule has 2 aromatic carbocycles. The molecule has 0 atom stereocenters. The van der Waals surface area contributed by atoms with E-state index in [2.05, 4.69) is 10.3 Å². The number of halogens is 1. The lowest BCUT2D eigenvalue weighted by atomic mass is 10.1. The van der Waals surface area contributed by atoms with Gasteiger partial charge in [0.15, 0.2) is 17.2 Å². The van der Waals surface area contributed by atoms with Crippen LogP contribution in [-0.4, -0.2) is 32.9 Å². The van der Waals surface area contributed by atoms with Gasteiger partial charge in [-0.1, -0.05) is 28.9 Å². The fourth-order valence-corrected chi connectivity index (χ4v) is 2.62. The van der Waals surface area contributed by atoms with Gasteiger partial charge in [-0.05, 0) is 24.3 Å². The monoisotopic (exact) mass is 343 g/mol. The zero-order chi connectivity index (χ0) is 16.7. The topological polar surface area (TPSA) is 86.5 Å². The summed E-state index contributed by atoms with van der Waals surface area (Å²) >= 11 is 5.91. The lowest BCUT2D eigenvalue weighted by molar-refractivity contribution is 0.0691. The summed E-state index contributed by atoms with van der Waals surface area (Å²) in [6.45, 7) is 0.153. The van der Waals surface area contributed by atoms with Crippen LogP contribution in [0.15, 0.2) is 42.5 Å². The molecule has 1 N–H and O–H groups in total. The average Bonchev–Trinajstić information content (AvgIpc) is 3.21. The maximum atomic E-state index is 11.5. The van der Waals surface area contributed by atoms with E-state index in [0.717, 1.165) is 0 Å². The molecule has 1 aromatic heterocycles. The number of carboxylic acid groups (broad SMARTS) is 1. The van der Waals surface area contributed by atoms with Gasteiger partial charge >= 0.3 is 5.97 Å². The Balaban J connectivity index is 1.90. The number of rotatable bonds is 3. The minimum atomic E-state index is -1.16. The van der Waals surface area contributed by atoms with E-state index in [1.165, 1.54) is 4.68 Å². The zero-order valence-electron chi connectivity index (χ0n) is 12.1. The van der Waals surface area contributed by atoms with Crippen LogP contribution in [0, 0.1) is 0 Å². The summed E-state index contributed by atoms with van der Waals surface area (Å²) in [5.74, 6) is 0.0410. The van der Waals surface area contributed by atoms with Gasteiger partial charge in [0, 0.05) is 16.7 Å². The molecule has 0 fully saturated rings. The Bertz CT molecular complexity index is 937. The predicted molar refractivity (Wildman–Crippen MR) is 84.9 cm³/mol. The average molecular weight is 344 g/mol. The lowest BCUT2D eigenvalue weighted by Gasteiger charge is -2.08. The van der Waals surface area contributed by atoms with Crippen molar-refractivity contribution in [3.63, 3.8) is 0 Å². The standard InChI is InChI=1S/C16H10ClN3O4/c17-10-3-1-9(2-4-10)15-14(16(21)22)18-19-20(15)11-5-6-12-13(7-11)24-8-23-12/h1-7H,8H2,(H,21,22). The number of hydrogen-bond donors (Lipinski definition) is 1. The second-order valence-electron chi connectivity index (χ2n) is 5.05. The number of fused-ring (bicyclic) bond motifs is 1. The van der Waals surface area contributed by atoms with E-state index in [1.54, 1.807) is 42.5 Å². The first kappa shape index (κ1) is 14.5. The molecule has 2 heterocycles. The van der Waals surface area contributed by atoms with Gasteiger partial charge in [-0.15, -0.1) is 5.10 Å². The number of carbonyl (C=O) groups is 1. The Kier molecular flexibility index (Phi) is 3.35. The maximum absolute atomic E-state index is 11.5. The van der Waals surface area contributed by atoms with Gasteiger partial charge in [-0.2, -0.15) is 0 Å². The quantitative estimate of drug-likeness (QED) is 0.786. The Morgan fingerprint density at radius 3 is 2.62 bits per heavy atom. The number of aromatic nitrogens is 3. The van der Waals surface area contributed by atoms with E-state index in [1.807, 2.05) is 0 Å². The third-order valence-electron chi connectivity index (χ3n) is 3.59. The molecule has 4 rings (SSSR count). The molecular formula is C16H10ClN3O4. The number of carboxylic acids is 1. The number of aromatic carboxylic acids is 1. The molecule has 0 amide bonds. The fraction of sp³-hybridized carbons (Fsp3) is 0.0625. The van der Waals surface area contributed by atoms with Gasteiger partial charge in [0.25, 0.3) is 0 Å². The van der Waals surface area contributed by atoms with Gasteiger partial charge < -0.3 is 14.6 Å². The maximum Gasteiger partial charge on any atom is 0.358 e. The van der Waals surface area contributed by atoms with Crippen molar-refractivity contribution in [3.8, 4) is 28.4 Å². The Morgan fingerprint density at radius 1 is 1.12 bits per heavy atom. The summed E-state index contributed by atoms with van der Waals surface area (Å²) in [5, 5.41) is 17.7. The number of hydrogen-bond acceptors (Lipinski definition) is 5. The Hall–Kier alpha value is -3.06. The lowest BCUT2D eigenvalue weighted by Crippen LogP contribution is -2.03.